The van der Waals surface area contributed by atoms with E-state index in [-0.39, 0.29) is 11.9 Å². The zero-order valence-electron chi connectivity index (χ0n) is 15.0. The fourth-order valence-electron chi connectivity index (χ4n) is 4.09. The Hall–Kier alpha value is -2.55. The minimum atomic E-state index is 0.109. The zero-order chi connectivity index (χ0) is 17.6. The average molecular weight is 332 g/mol. The van der Waals surface area contributed by atoms with E-state index in [0.29, 0.717) is 11.6 Å². The normalized spacial score (nSPS) is 20.4. The molecule has 3 aromatic rings. The van der Waals surface area contributed by atoms with E-state index in [2.05, 4.69) is 68.2 Å². The van der Waals surface area contributed by atoms with Crippen molar-refractivity contribution in [2.75, 3.05) is 6.54 Å². The van der Waals surface area contributed by atoms with Crippen LogP contribution in [0.2, 0.25) is 0 Å². The molecule has 4 rings (SSSR count). The predicted octanol–water partition coefficient (Wildman–Crippen LogP) is 4.80. The summed E-state index contributed by atoms with van der Waals surface area (Å²) in [6.07, 6.45) is 1.02. The Kier molecular flexibility index (Phi) is 3.87. The van der Waals surface area contributed by atoms with Crippen LogP contribution < -0.4 is 0 Å². The number of aromatic nitrogens is 1. The molecule has 0 radical (unpaired) electrons. The SMILES string of the molecule is Cc1ccc2cc(C(=O)N3C[C@H](c4ccccc4C)C[C@@H]3C)[nH]c2c1. The summed E-state index contributed by atoms with van der Waals surface area (Å²) in [7, 11) is 0. The van der Waals surface area contributed by atoms with Gasteiger partial charge in [0, 0.05) is 29.4 Å². The molecular formula is C22H24N2O. The number of nitrogens with zero attached hydrogens (tertiary/aromatic N) is 1. The molecule has 1 aliphatic heterocycles. The number of H-pyrrole nitrogens is 1. The lowest BCUT2D eigenvalue weighted by atomic mass is 9.93. The molecule has 0 unspecified atom stereocenters. The molecule has 128 valence electrons. The lowest BCUT2D eigenvalue weighted by molar-refractivity contribution is 0.0741. The minimum absolute atomic E-state index is 0.109. The van der Waals surface area contributed by atoms with Crippen LogP contribution >= 0.6 is 0 Å². The number of carbonyl (C=O) groups excluding carboxylic acids is 1. The molecule has 3 nitrogen and oxygen atoms in total. The number of benzene rings is 2. The summed E-state index contributed by atoms with van der Waals surface area (Å²) in [5.74, 6) is 0.532. The highest BCUT2D eigenvalue weighted by Gasteiger charge is 2.34. The van der Waals surface area contributed by atoms with Crippen molar-refractivity contribution in [3.05, 3.63) is 70.9 Å². The molecule has 3 heteroatoms. The minimum Gasteiger partial charge on any atom is -0.351 e. The molecule has 1 saturated heterocycles. The number of nitrogens with one attached hydrogen (secondary N) is 1. The molecule has 1 amide bonds. The van der Waals surface area contributed by atoms with Crippen LogP contribution in [0.1, 0.15) is 46.4 Å². The lowest BCUT2D eigenvalue weighted by Crippen LogP contribution is -2.34. The van der Waals surface area contributed by atoms with Crippen molar-refractivity contribution in [3.63, 3.8) is 0 Å². The average Bonchev–Trinajstić information content (AvgIpc) is 3.18. The van der Waals surface area contributed by atoms with Crippen LogP contribution in [0.25, 0.3) is 10.9 Å². The van der Waals surface area contributed by atoms with Crippen molar-refractivity contribution in [3.8, 4) is 0 Å². The third-order valence-electron chi connectivity index (χ3n) is 5.47. The largest absolute Gasteiger partial charge is 0.351 e. The van der Waals surface area contributed by atoms with Crippen LogP contribution in [0.3, 0.4) is 0 Å². The Labute approximate surface area is 148 Å². The first-order chi connectivity index (χ1) is 12.0. The molecular weight excluding hydrogens is 308 g/mol. The van der Waals surface area contributed by atoms with Crippen LogP contribution in [0.4, 0.5) is 0 Å². The van der Waals surface area contributed by atoms with Gasteiger partial charge in [0.2, 0.25) is 0 Å². The molecule has 1 N–H and O–H groups in total. The highest BCUT2D eigenvalue weighted by Crippen LogP contribution is 2.34. The zero-order valence-corrected chi connectivity index (χ0v) is 15.0. The van der Waals surface area contributed by atoms with Crippen molar-refractivity contribution in [2.24, 2.45) is 0 Å². The number of aromatic amines is 1. The van der Waals surface area contributed by atoms with Gasteiger partial charge in [-0.25, -0.2) is 0 Å². The summed E-state index contributed by atoms with van der Waals surface area (Å²) < 4.78 is 0. The standard InChI is InChI=1S/C22H24N2O/c1-14-8-9-17-12-21(23-20(17)10-14)22(25)24-13-18(11-16(24)3)19-7-5-4-6-15(19)2/h4-10,12,16,18,23H,11,13H2,1-3H3/t16-,18+/m0/s1. The Balaban J connectivity index is 1.60. The molecule has 1 aromatic heterocycles. The van der Waals surface area contributed by atoms with Crippen molar-refractivity contribution in [2.45, 2.75) is 39.2 Å². The van der Waals surface area contributed by atoms with Crippen LogP contribution in [-0.4, -0.2) is 28.4 Å². The van der Waals surface area contributed by atoms with E-state index in [1.54, 1.807) is 0 Å². The summed E-state index contributed by atoms with van der Waals surface area (Å²) in [4.78, 5) is 18.4. The van der Waals surface area contributed by atoms with Gasteiger partial charge in [0.05, 0.1) is 0 Å². The molecule has 0 spiro atoms. The van der Waals surface area contributed by atoms with E-state index in [0.717, 1.165) is 23.9 Å². The summed E-state index contributed by atoms with van der Waals surface area (Å²) in [6, 6.07) is 17.0. The highest BCUT2D eigenvalue weighted by molar-refractivity contribution is 5.98. The Morgan fingerprint density at radius 1 is 1.12 bits per heavy atom. The quantitative estimate of drug-likeness (QED) is 0.719. The molecule has 2 aromatic carbocycles. The third kappa shape index (κ3) is 2.84. The summed E-state index contributed by atoms with van der Waals surface area (Å²) in [5, 5.41) is 1.09. The summed E-state index contributed by atoms with van der Waals surface area (Å²) in [5.41, 5.74) is 5.61. The van der Waals surface area contributed by atoms with Crippen molar-refractivity contribution >= 4 is 16.8 Å². The number of hydrogen-bond donors (Lipinski definition) is 1. The number of aryl methyl sites for hydroxylation is 2. The van der Waals surface area contributed by atoms with Gasteiger partial charge in [0.1, 0.15) is 5.69 Å². The second-order valence-electron chi connectivity index (χ2n) is 7.37. The maximum Gasteiger partial charge on any atom is 0.270 e. The van der Waals surface area contributed by atoms with Gasteiger partial charge < -0.3 is 9.88 Å². The predicted molar refractivity (Wildman–Crippen MR) is 102 cm³/mol. The fraction of sp³-hybridized carbons (Fsp3) is 0.318. The number of carbonyl (C=O) groups is 1. The Morgan fingerprint density at radius 3 is 2.72 bits per heavy atom. The summed E-state index contributed by atoms with van der Waals surface area (Å²) in [6.45, 7) is 7.17. The van der Waals surface area contributed by atoms with Gasteiger partial charge >= 0.3 is 0 Å². The van der Waals surface area contributed by atoms with E-state index in [9.17, 15) is 4.79 Å². The lowest BCUT2D eigenvalue weighted by Gasteiger charge is -2.20. The highest BCUT2D eigenvalue weighted by atomic mass is 16.2. The van der Waals surface area contributed by atoms with Crippen LogP contribution in [0.15, 0.2) is 48.5 Å². The van der Waals surface area contributed by atoms with Crippen molar-refractivity contribution in [1.82, 2.24) is 9.88 Å². The maximum absolute atomic E-state index is 13.1. The van der Waals surface area contributed by atoms with E-state index in [4.69, 9.17) is 0 Å². The van der Waals surface area contributed by atoms with Gasteiger partial charge in [0.15, 0.2) is 0 Å². The number of rotatable bonds is 2. The van der Waals surface area contributed by atoms with Gasteiger partial charge in [-0.05, 0) is 56.0 Å². The van der Waals surface area contributed by atoms with Gasteiger partial charge in [-0.15, -0.1) is 0 Å². The van der Waals surface area contributed by atoms with Gasteiger partial charge in [-0.3, -0.25) is 4.79 Å². The summed E-state index contributed by atoms with van der Waals surface area (Å²) >= 11 is 0. The van der Waals surface area contributed by atoms with Gasteiger partial charge in [-0.2, -0.15) is 0 Å². The van der Waals surface area contributed by atoms with Crippen molar-refractivity contribution < 1.29 is 4.79 Å². The number of likely N-dealkylation sites (tertiary alicyclic amines) is 1. The molecule has 2 heterocycles. The molecule has 1 aliphatic rings. The molecule has 0 saturated carbocycles. The molecule has 0 aliphatic carbocycles. The molecule has 0 bridgehead atoms. The monoisotopic (exact) mass is 332 g/mol. The molecule has 1 fully saturated rings. The van der Waals surface area contributed by atoms with E-state index in [1.807, 2.05) is 11.0 Å². The Morgan fingerprint density at radius 2 is 1.92 bits per heavy atom. The second kappa shape index (κ2) is 6.07. The smallest absolute Gasteiger partial charge is 0.270 e. The molecule has 25 heavy (non-hydrogen) atoms. The maximum atomic E-state index is 13.1. The first kappa shape index (κ1) is 15.9. The Bertz CT molecular complexity index is 940. The van der Waals surface area contributed by atoms with E-state index >= 15 is 0 Å². The van der Waals surface area contributed by atoms with Crippen LogP contribution in [0.5, 0.6) is 0 Å². The third-order valence-corrected chi connectivity index (χ3v) is 5.47. The van der Waals surface area contributed by atoms with E-state index < -0.39 is 0 Å². The number of amides is 1. The number of fused-ring (bicyclic) bond motifs is 1. The topological polar surface area (TPSA) is 36.1 Å². The first-order valence-corrected chi connectivity index (χ1v) is 8.99. The second-order valence-corrected chi connectivity index (χ2v) is 7.37. The molecule has 2 atom stereocenters. The van der Waals surface area contributed by atoms with Crippen LogP contribution in [-0.2, 0) is 0 Å². The van der Waals surface area contributed by atoms with Crippen LogP contribution in [0, 0.1) is 13.8 Å². The van der Waals surface area contributed by atoms with E-state index in [1.165, 1.54) is 16.7 Å². The first-order valence-electron chi connectivity index (χ1n) is 8.99. The number of hydrogen-bond acceptors (Lipinski definition) is 1. The van der Waals surface area contributed by atoms with Gasteiger partial charge in [-0.1, -0.05) is 36.4 Å². The van der Waals surface area contributed by atoms with Gasteiger partial charge in [0.25, 0.3) is 5.91 Å². The van der Waals surface area contributed by atoms with Crippen molar-refractivity contribution in [1.29, 1.82) is 0 Å². The fourth-order valence-corrected chi connectivity index (χ4v) is 4.09.